The van der Waals surface area contributed by atoms with Crippen LogP contribution >= 0.6 is 11.5 Å². The van der Waals surface area contributed by atoms with Gasteiger partial charge < -0.3 is 16.0 Å². The number of halogens is 3. The van der Waals surface area contributed by atoms with Crippen molar-refractivity contribution in [2.45, 2.75) is 45.8 Å². The van der Waals surface area contributed by atoms with E-state index in [9.17, 15) is 18.0 Å². The van der Waals surface area contributed by atoms with Gasteiger partial charge in [-0.2, -0.15) is 22.5 Å². The van der Waals surface area contributed by atoms with E-state index in [0.29, 0.717) is 11.5 Å². The summed E-state index contributed by atoms with van der Waals surface area (Å²) in [6.07, 6.45) is -2.04. The Balaban J connectivity index is 1.68. The number of carbonyl (C=O) groups excluding carboxylic acids is 1. The number of pyridine rings is 2. The van der Waals surface area contributed by atoms with Crippen LogP contribution in [0.5, 0.6) is 0 Å². The van der Waals surface area contributed by atoms with E-state index in [-0.39, 0.29) is 33.3 Å². The van der Waals surface area contributed by atoms with E-state index in [0.717, 1.165) is 29.2 Å². The number of nitrogens with zero attached hydrogens (tertiary/aromatic N) is 5. The third-order valence-corrected chi connectivity index (χ3v) is 6.53. The number of likely N-dealkylation sites (N-methyl/N-ethyl adjacent to an activating group) is 1. The van der Waals surface area contributed by atoms with Gasteiger partial charge in [-0.05, 0) is 51.3 Å². The molecular weight excluding hydrogens is 455 g/mol. The fourth-order valence-electron chi connectivity index (χ4n) is 4.11. The molecule has 12 heteroatoms. The molecule has 0 aliphatic carbocycles. The van der Waals surface area contributed by atoms with E-state index in [1.807, 2.05) is 13.1 Å². The summed E-state index contributed by atoms with van der Waals surface area (Å²) in [5.74, 6) is -0.762. The molecule has 0 bridgehead atoms. The van der Waals surface area contributed by atoms with Gasteiger partial charge in [-0.3, -0.25) is 9.78 Å². The zero-order chi connectivity index (χ0) is 24.3. The van der Waals surface area contributed by atoms with Gasteiger partial charge in [-0.15, -0.1) is 0 Å². The predicted octanol–water partition coefficient (Wildman–Crippen LogP) is 4.24. The number of amides is 1. The van der Waals surface area contributed by atoms with Crippen molar-refractivity contribution in [2.24, 2.45) is 5.73 Å². The first-order chi connectivity index (χ1) is 15.3. The van der Waals surface area contributed by atoms with E-state index in [4.69, 9.17) is 5.73 Å². The van der Waals surface area contributed by atoms with Gasteiger partial charge in [0.1, 0.15) is 11.5 Å². The quantitative estimate of drug-likeness (QED) is 0.578. The van der Waals surface area contributed by atoms with Gasteiger partial charge >= 0.3 is 6.18 Å². The summed E-state index contributed by atoms with van der Waals surface area (Å²) in [5, 5.41) is 3.05. The summed E-state index contributed by atoms with van der Waals surface area (Å²) in [5.41, 5.74) is 6.22. The van der Waals surface area contributed by atoms with Gasteiger partial charge in [-0.1, -0.05) is 0 Å². The fraction of sp³-hybridized carbons (Fsp3) is 0.381. The number of rotatable bonds is 4. The lowest BCUT2D eigenvalue weighted by molar-refractivity contribution is -0.138. The Morgan fingerprint density at radius 2 is 1.97 bits per heavy atom. The van der Waals surface area contributed by atoms with Gasteiger partial charge in [0.15, 0.2) is 5.82 Å². The molecule has 0 atom stereocenters. The van der Waals surface area contributed by atoms with Crippen molar-refractivity contribution in [1.82, 2.24) is 19.3 Å². The molecule has 33 heavy (non-hydrogen) atoms. The molecule has 0 fully saturated rings. The highest BCUT2D eigenvalue weighted by Crippen LogP contribution is 2.39. The lowest BCUT2D eigenvalue weighted by atomic mass is 10.00. The maximum atomic E-state index is 13.4. The summed E-state index contributed by atoms with van der Waals surface area (Å²) in [7, 11) is 2.02. The number of fused-ring (bicyclic) bond motifs is 1. The number of anilines is 3. The Bertz CT molecular complexity index is 1270. The molecular formula is C21H22F3N7OS. The molecule has 3 aromatic rings. The topological polar surface area (TPSA) is 110 Å². The van der Waals surface area contributed by atoms with Crippen LogP contribution in [0.4, 0.5) is 29.8 Å². The average Bonchev–Trinajstić information content (AvgIpc) is 3.22. The number of nitrogens with one attached hydrogen (secondary N) is 1. The molecule has 4 rings (SSSR count). The summed E-state index contributed by atoms with van der Waals surface area (Å²) in [6.45, 7) is 6.71. The molecule has 174 valence electrons. The van der Waals surface area contributed by atoms with E-state index in [1.54, 1.807) is 6.20 Å². The van der Waals surface area contributed by atoms with Gasteiger partial charge in [0.2, 0.25) is 5.13 Å². The Morgan fingerprint density at radius 1 is 1.27 bits per heavy atom. The fourth-order valence-corrected chi connectivity index (χ4v) is 4.69. The third-order valence-electron chi connectivity index (χ3n) is 5.90. The first kappa shape index (κ1) is 22.9. The molecule has 0 aromatic carbocycles. The van der Waals surface area contributed by atoms with Crippen molar-refractivity contribution >= 4 is 34.1 Å². The number of aromatic nitrogens is 4. The van der Waals surface area contributed by atoms with E-state index in [2.05, 4.69) is 43.4 Å². The van der Waals surface area contributed by atoms with Crippen molar-refractivity contribution in [3.05, 3.63) is 40.2 Å². The average molecular weight is 478 g/mol. The zero-order valence-electron chi connectivity index (χ0n) is 18.6. The number of primary amides is 1. The highest BCUT2D eigenvalue weighted by Gasteiger charge is 2.38. The minimum Gasteiger partial charge on any atom is -0.368 e. The van der Waals surface area contributed by atoms with Crippen LogP contribution in [-0.4, -0.2) is 37.8 Å². The first-order valence-electron chi connectivity index (χ1n) is 10.0. The molecule has 8 nitrogen and oxygen atoms in total. The predicted molar refractivity (Wildman–Crippen MR) is 120 cm³/mol. The smallest absolute Gasteiger partial charge is 0.368 e. The molecule has 3 N–H and O–H groups in total. The molecule has 4 heterocycles. The van der Waals surface area contributed by atoms with E-state index in [1.165, 1.54) is 13.8 Å². The lowest BCUT2D eigenvalue weighted by Crippen LogP contribution is -2.37. The normalized spacial score (nSPS) is 15.0. The van der Waals surface area contributed by atoms with Crippen LogP contribution in [-0.2, 0) is 12.6 Å². The number of hydrogen-bond acceptors (Lipinski definition) is 8. The minimum absolute atomic E-state index is 0.0278. The van der Waals surface area contributed by atoms with E-state index < -0.39 is 17.6 Å². The Kier molecular flexibility index (Phi) is 5.31. The summed E-state index contributed by atoms with van der Waals surface area (Å²) < 4.78 is 44.6. The highest BCUT2D eigenvalue weighted by atomic mass is 32.1. The number of hydrogen-bond donors (Lipinski definition) is 2. The number of nitrogens with two attached hydrogens (primary N) is 1. The molecule has 0 saturated carbocycles. The van der Waals surface area contributed by atoms with Crippen LogP contribution in [0.3, 0.4) is 0 Å². The largest absolute Gasteiger partial charge is 0.418 e. The number of aryl methyl sites for hydroxylation is 1. The lowest BCUT2D eigenvalue weighted by Gasteiger charge is -2.29. The SMILES string of the molecule is Cc1nc(Nc2nc(-c3cc4c(cn3)N(C)C(C)(C)C4)ns2)c(C(N)=O)c(C)c1C(F)(F)F. The Morgan fingerprint density at radius 3 is 2.61 bits per heavy atom. The van der Waals surface area contributed by atoms with Crippen molar-refractivity contribution in [3.63, 3.8) is 0 Å². The van der Waals surface area contributed by atoms with Gasteiger partial charge in [0, 0.05) is 24.1 Å². The van der Waals surface area contributed by atoms with Crippen LogP contribution in [0.1, 0.15) is 46.6 Å². The second kappa shape index (κ2) is 7.65. The number of alkyl halides is 3. The molecule has 1 amide bonds. The van der Waals surface area contributed by atoms with Crippen LogP contribution in [0.25, 0.3) is 11.5 Å². The third kappa shape index (κ3) is 3.99. The number of carbonyl (C=O) groups is 1. The van der Waals surface area contributed by atoms with Crippen molar-refractivity contribution in [1.29, 1.82) is 0 Å². The van der Waals surface area contributed by atoms with Crippen LogP contribution in [0.15, 0.2) is 12.3 Å². The van der Waals surface area contributed by atoms with Crippen LogP contribution in [0.2, 0.25) is 0 Å². The van der Waals surface area contributed by atoms with Gasteiger partial charge in [0.25, 0.3) is 5.91 Å². The minimum atomic E-state index is -4.67. The molecule has 3 aromatic heterocycles. The molecule has 0 radical (unpaired) electrons. The van der Waals surface area contributed by atoms with E-state index >= 15 is 0 Å². The van der Waals surface area contributed by atoms with Crippen LogP contribution < -0.4 is 16.0 Å². The Hall–Kier alpha value is -3.28. The van der Waals surface area contributed by atoms with Crippen molar-refractivity contribution in [2.75, 3.05) is 17.3 Å². The van der Waals surface area contributed by atoms with Crippen molar-refractivity contribution < 1.29 is 18.0 Å². The maximum absolute atomic E-state index is 13.4. The highest BCUT2D eigenvalue weighted by molar-refractivity contribution is 7.09. The van der Waals surface area contributed by atoms with Crippen LogP contribution in [0, 0.1) is 13.8 Å². The molecule has 0 saturated heterocycles. The second-order valence-corrected chi connectivity index (χ2v) is 9.33. The second-order valence-electron chi connectivity index (χ2n) is 8.58. The van der Waals surface area contributed by atoms with Gasteiger partial charge in [-0.25, -0.2) is 4.98 Å². The zero-order valence-corrected chi connectivity index (χ0v) is 19.4. The summed E-state index contributed by atoms with van der Waals surface area (Å²) in [4.78, 5) is 27.0. The standard InChI is InChI=1S/C21H22F3N7OS/c1-9-14(16(25)32)18(27-10(2)15(9)21(22,23)24)29-19-28-17(30-33-19)12-6-11-7-20(3,4)31(5)13(11)8-26-12/h6,8H,7H2,1-5H3,(H2,25,32)(H,27,28,29,30). The monoisotopic (exact) mass is 477 g/mol. The van der Waals surface area contributed by atoms with Crippen molar-refractivity contribution in [3.8, 4) is 11.5 Å². The van der Waals surface area contributed by atoms with Gasteiger partial charge in [0.05, 0.1) is 28.7 Å². The molecule has 1 aliphatic rings. The Labute approximate surface area is 192 Å². The summed E-state index contributed by atoms with van der Waals surface area (Å²) in [6, 6.07) is 1.94. The molecule has 1 aliphatic heterocycles. The summed E-state index contributed by atoms with van der Waals surface area (Å²) >= 11 is 0.978. The molecule has 0 spiro atoms. The first-order valence-corrected chi connectivity index (χ1v) is 10.8. The maximum Gasteiger partial charge on any atom is 0.418 e. The molecule has 0 unspecified atom stereocenters.